The van der Waals surface area contributed by atoms with E-state index < -0.39 is 16.8 Å². The number of non-ortho nitro benzene ring substituents is 1. The van der Waals surface area contributed by atoms with Gasteiger partial charge in [-0.05, 0) is 48.0 Å². The van der Waals surface area contributed by atoms with Crippen LogP contribution in [0.15, 0.2) is 77.9 Å². The largest absolute Gasteiger partial charge is 0.493 e. The van der Waals surface area contributed by atoms with Crippen LogP contribution in [0.2, 0.25) is 0 Å². The van der Waals surface area contributed by atoms with Crippen LogP contribution in [0.5, 0.6) is 11.5 Å². The summed E-state index contributed by atoms with van der Waals surface area (Å²) in [6.45, 7) is 0. The number of hydrogen-bond donors (Lipinski definition) is 1. The van der Waals surface area contributed by atoms with Crippen LogP contribution in [-0.2, 0) is 0 Å². The van der Waals surface area contributed by atoms with Crippen LogP contribution in [0.1, 0.15) is 26.3 Å². The van der Waals surface area contributed by atoms with E-state index in [1.807, 2.05) is 0 Å². The molecule has 1 N–H and O–H groups in total. The summed E-state index contributed by atoms with van der Waals surface area (Å²) in [5.74, 6) is -0.486. The number of rotatable bonds is 7. The maximum absolute atomic E-state index is 12.2. The highest BCUT2D eigenvalue weighted by Gasteiger charge is 2.13. The summed E-state index contributed by atoms with van der Waals surface area (Å²) in [7, 11) is 1.44. The molecule has 0 fully saturated rings. The SMILES string of the molecule is COc1cc(C=NNC(=O)c2ccc([N+](=O)[O-])cc2)ccc1OC(=O)c1ccccc1. The van der Waals surface area contributed by atoms with E-state index in [1.165, 1.54) is 37.6 Å². The molecule has 0 unspecified atom stereocenters. The van der Waals surface area contributed by atoms with Gasteiger partial charge in [-0.3, -0.25) is 14.9 Å². The van der Waals surface area contributed by atoms with Crippen molar-refractivity contribution >= 4 is 23.8 Å². The first-order valence-corrected chi connectivity index (χ1v) is 9.01. The topological polar surface area (TPSA) is 120 Å². The fourth-order valence-electron chi connectivity index (χ4n) is 2.55. The molecule has 0 aromatic heterocycles. The van der Waals surface area contributed by atoms with Crippen molar-refractivity contribution in [3.05, 3.63) is 99.6 Å². The van der Waals surface area contributed by atoms with Crippen molar-refractivity contribution in [1.82, 2.24) is 5.43 Å². The average Bonchev–Trinajstić information content (AvgIpc) is 2.80. The predicted octanol–water partition coefficient (Wildman–Crippen LogP) is 3.59. The van der Waals surface area contributed by atoms with Crippen LogP contribution >= 0.6 is 0 Å². The van der Waals surface area contributed by atoms with E-state index in [0.717, 1.165) is 0 Å². The minimum absolute atomic E-state index is 0.111. The number of ether oxygens (including phenoxy) is 2. The molecule has 0 saturated carbocycles. The van der Waals surface area contributed by atoms with Gasteiger partial charge in [0.1, 0.15) is 0 Å². The molecule has 0 spiro atoms. The zero-order valence-corrected chi connectivity index (χ0v) is 16.3. The molecule has 3 aromatic rings. The third-order valence-electron chi connectivity index (χ3n) is 4.12. The first-order valence-electron chi connectivity index (χ1n) is 9.01. The first kappa shape index (κ1) is 21.2. The van der Waals surface area contributed by atoms with Gasteiger partial charge in [-0.15, -0.1) is 0 Å². The zero-order chi connectivity index (χ0) is 22.2. The molecule has 0 radical (unpaired) electrons. The number of benzene rings is 3. The van der Waals surface area contributed by atoms with E-state index in [2.05, 4.69) is 10.5 Å². The molecule has 9 heteroatoms. The summed E-state index contributed by atoms with van der Waals surface area (Å²) >= 11 is 0. The summed E-state index contributed by atoms with van der Waals surface area (Å²) in [5, 5.41) is 14.5. The minimum Gasteiger partial charge on any atom is -0.493 e. The van der Waals surface area contributed by atoms with Crippen molar-refractivity contribution < 1.29 is 24.0 Å². The van der Waals surface area contributed by atoms with E-state index >= 15 is 0 Å². The van der Waals surface area contributed by atoms with Gasteiger partial charge in [0.05, 0.1) is 23.8 Å². The van der Waals surface area contributed by atoms with Crippen molar-refractivity contribution in [2.24, 2.45) is 5.10 Å². The monoisotopic (exact) mass is 419 g/mol. The number of nitrogens with one attached hydrogen (secondary N) is 1. The Bertz CT molecular complexity index is 1130. The first-order chi connectivity index (χ1) is 15.0. The van der Waals surface area contributed by atoms with Crippen LogP contribution in [-0.4, -0.2) is 30.1 Å². The van der Waals surface area contributed by atoms with E-state index in [9.17, 15) is 19.7 Å². The average molecular weight is 419 g/mol. The maximum Gasteiger partial charge on any atom is 0.343 e. The number of hydrogen-bond acceptors (Lipinski definition) is 7. The highest BCUT2D eigenvalue weighted by atomic mass is 16.6. The molecule has 0 bridgehead atoms. The van der Waals surface area contributed by atoms with Gasteiger partial charge in [0.25, 0.3) is 11.6 Å². The molecule has 156 valence electrons. The second kappa shape index (κ2) is 9.79. The van der Waals surface area contributed by atoms with Crippen LogP contribution in [0.3, 0.4) is 0 Å². The van der Waals surface area contributed by atoms with Gasteiger partial charge in [-0.1, -0.05) is 18.2 Å². The smallest absolute Gasteiger partial charge is 0.343 e. The predicted molar refractivity (Wildman–Crippen MR) is 113 cm³/mol. The molecule has 31 heavy (non-hydrogen) atoms. The van der Waals surface area contributed by atoms with Gasteiger partial charge in [0.15, 0.2) is 11.5 Å². The van der Waals surface area contributed by atoms with Crippen molar-refractivity contribution in [2.45, 2.75) is 0 Å². The molecule has 0 aliphatic rings. The van der Waals surface area contributed by atoms with Gasteiger partial charge >= 0.3 is 5.97 Å². The number of hydrazone groups is 1. The Balaban J connectivity index is 1.65. The van der Waals surface area contributed by atoms with E-state index in [0.29, 0.717) is 16.9 Å². The molecule has 1 amide bonds. The Morgan fingerprint density at radius 2 is 1.68 bits per heavy atom. The molecule has 9 nitrogen and oxygen atoms in total. The lowest BCUT2D eigenvalue weighted by Crippen LogP contribution is -2.17. The van der Waals surface area contributed by atoms with Gasteiger partial charge in [0.2, 0.25) is 0 Å². The summed E-state index contributed by atoms with van der Waals surface area (Å²) in [6, 6.07) is 18.5. The second-order valence-corrected chi connectivity index (χ2v) is 6.17. The van der Waals surface area contributed by atoms with Crippen LogP contribution in [0.25, 0.3) is 0 Å². The van der Waals surface area contributed by atoms with Crippen molar-refractivity contribution in [1.29, 1.82) is 0 Å². The van der Waals surface area contributed by atoms with E-state index in [4.69, 9.17) is 9.47 Å². The quantitative estimate of drug-likeness (QED) is 0.205. The van der Waals surface area contributed by atoms with Gasteiger partial charge in [-0.25, -0.2) is 10.2 Å². The lowest BCUT2D eigenvalue weighted by Gasteiger charge is -2.10. The van der Waals surface area contributed by atoms with Crippen LogP contribution in [0.4, 0.5) is 5.69 Å². The molecule has 0 aliphatic heterocycles. The number of carbonyl (C=O) groups is 2. The standard InChI is InChI=1S/C22H17N3O6/c1-30-20-13-15(7-12-19(20)31-22(27)17-5-3-2-4-6-17)14-23-24-21(26)16-8-10-18(11-9-16)25(28)29/h2-14H,1H3,(H,24,26). The Labute approximate surface area is 177 Å². The fraction of sp³-hybridized carbons (Fsp3) is 0.0455. The lowest BCUT2D eigenvalue weighted by atomic mass is 10.2. The Morgan fingerprint density at radius 1 is 0.968 bits per heavy atom. The Kier molecular flexibility index (Phi) is 6.69. The number of nitro benzene ring substituents is 1. The summed E-state index contributed by atoms with van der Waals surface area (Å²) in [4.78, 5) is 34.4. The van der Waals surface area contributed by atoms with Gasteiger partial charge < -0.3 is 9.47 Å². The van der Waals surface area contributed by atoms with Crippen molar-refractivity contribution in [3.8, 4) is 11.5 Å². The molecule has 0 aliphatic carbocycles. The number of esters is 1. The summed E-state index contributed by atoms with van der Waals surface area (Å²) < 4.78 is 10.6. The van der Waals surface area contributed by atoms with Crippen LogP contribution in [0, 0.1) is 10.1 Å². The van der Waals surface area contributed by atoms with Crippen molar-refractivity contribution in [2.75, 3.05) is 7.11 Å². The Hall–Kier alpha value is -4.53. The normalized spacial score (nSPS) is 10.5. The minimum atomic E-state index is -0.548. The van der Waals surface area contributed by atoms with E-state index in [-0.39, 0.29) is 17.0 Å². The van der Waals surface area contributed by atoms with E-state index in [1.54, 1.807) is 48.5 Å². The number of nitrogens with zero attached hydrogens (tertiary/aromatic N) is 2. The molecule has 0 atom stereocenters. The number of nitro groups is 1. The number of methoxy groups -OCH3 is 1. The van der Waals surface area contributed by atoms with Gasteiger partial charge in [-0.2, -0.15) is 5.10 Å². The third kappa shape index (κ3) is 5.51. The molecular formula is C22H17N3O6. The number of carbonyl (C=O) groups excluding carboxylic acids is 2. The summed E-state index contributed by atoms with van der Waals surface area (Å²) in [6.07, 6.45) is 1.38. The van der Waals surface area contributed by atoms with Crippen LogP contribution < -0.4 is 14.9 Å². The molecule has 3 rings (SSSR count). The highest BCUT2D eigenvalue weighted by Crippen LogP contribution is 2.28. The molecular weight excluding hydrogens is 402 g/mol. The third-order valence-corrected chi connectivity index (χ3v) is 4.12. The Morgan fingerprint density at radius 3 is 2.32 bits per heavy atom. The maximum atomic E-state index is 12.2. The highest BCUT2D eigenvalue weighted by molar-refractivity contribution is 5.95. The molecule has 3 aromatic carbocycles. The fourth-order valence-corrected chi connectivity index (χ4v) is 2.55. The molecule has 0 saturated heterocycles. The summed E-state index contributed by atoms with van der Waals surface area (Å²) in [5.41, 5.74) is 3.44. The number of amides is 1. The van der Waals surface area contributed by atoms with Gasteiger partial charge in [0, 0.05) is 17.7 Å². The van der Waals surface area contributed by atoms with Crippen molar-refractivity contribution in [3.63, 3.8) is 0 Å². The zero-order valence-electron chi connectivity index (χ0n) is 16.3. The molecule has 0 heterocycles. The lowest BCUT2D eigenvalue weighted by molar-refractivity contribution is -0.384. The second-order valence-electron chi connectivity index (χ2n) is 6.17.